The van der Waals surface area contributed by atoms with E-state index in [1.807, 2.05) is 0 Å². The molecule has 13 heavy (non-hydrogen) atoms. The molecule has 0 radical (unpaired) electrons. The minimum absolute atomic E-state index is 0.414. The molecule has 0 aromatic rings. The van der Waals surface area contributed by atoms with Crippen LogP contribution in [-0.4, -0.2) is 25.3 Å². The van der Waals surface area contributed by atoms with Crippen molar-refractivity contribution in [2.24, 2.45) is 0 Å². The average Bonchev–Trinajstić information content (AvgIpc) is 2.54. The van der Waals surface area contributed by atoms with Gasteiger partial charge in [0, 0.05) is 12.6 Å². The van der Waals surface area contributed by atoms with Crippen LogP contribution in [-0.2, 0) is 4.74 Å². The Labute approximate surface area is 81.4 Å². The second kappa shape index (κ2) is 5.40. The minimum atomic E-state index is 0.414. The lowest BCUT2D eigenvalue weighted by Crippen LogP contribution is -2.39. The largest absolute Gasteiger partial charge is 0.377 e. The lowest BCUT2D eigenvalue weighted by Gasteiger charge is -2.23. The van der Waals surface area contributed by atoms with E-state index in [1.54, 1.807) is 0 Å². The first-order chi connectivity index (χ1) is 6.24. The van der Waals surface area contributed by atoms with Crippen LogP contribution in [0.5, 0.6) is 0 Å². The third-order valence-electron chi connectivity index (χ3n) is 2.45. The molecule has 2 heteroatoms. The number of likely N-dealkylation sites (N-methyl/N-ethyl adjacent to an activating group) is 1. The maximum Gasteiger partial charge on any atom is 0.0732 e. The Bertz CT molecular complexity index is 161. The summed E-state index contributed by atoms with van der Waals surface area (Å²) in [7, 11) is 0. The molecule has 0 amide bonds. The first-order valence-electron chi connectivity index (χ1n) is 5.23. The molecule has 1 saturated heterocycles. The molecule has 0 spiro atoms. The SMILES string of the molecule is C=C(C)CC(NCC)C1CCCO1. The summed E-state index contributed by atoms with van der Waals surface area (Å²) in [4.78, 5) is 0. The van der Waals surface area contributed by atoms with Gasteiger partial charge >= 0.3 is 0 Å². The van der Waals surface area contributed by atoms with Crippen LogP contribution >= 0.6 is 0 Å². The lowest BCUT2D eigenvalue weighted by molar-refractivity contribution is 0.0789. The second-order valence-corrected chi connectivity index (χ2v) is 3.88. The minimum Gasteiger partial charge on any atom is -0.377 e. The van der Waals surface area contributed by atoms with Gasteiger partial charge < -0.3 is 10.1 Å². The Kier molecular flexibility index (Phi) is 4.46. The fraction of sp³-hybridized carbons (Fsp3) is 0.818. The Balaban J connectivity index is 2.39. The van der Waals surface area contributed by atoms with E-state index in [-0.39, 0.29) is 0 Å². The van der Waals surface area contributed by atoms with Crippen molar-refractivity contribution in [3.8, 4) is 0 Å². The van der Waals surface area contributed by atoms with Crippen molar-refractivity contribution in [1.82, 2.24) is 5.32 Å². The zero-order valence-electron chi connectivity index (χ0n) is 8.81. The predicted molar refractivity (Wildman–Crippen MR) is 55.9 cm³/mol. The maximum absolute atomic E-state index is 5.66. The van der Waals surface area contributed by atoms with Crippen molar-refractivity contribution >= 4 is 0 Å². The van der Waals surface area contributed by atoms with Crippen molar-refractivity contribution < 1.29 is 4.74 Å². The quantitative estimate of drug-likeness (QED) is 0.659. The van der Waals surface area contributed by atoms with Gasteiger partial charge in [0.1, 0.15) is 0 Å². The number of ether oxygens (including phenoxy) is 1. The Hall–Kier alpha value is -0.340. The molecular formula is C11H21NO. The van der Waals surface area contributed by atoms with E-state index in [2.05, 4.69) is 25.7 Å². The predicted octanol–water partition coefficient (Wildman–Crippen LogP) is 2.11. The fourth-order valence-corrected chi connectivity index (χ4v) is 1.89. The van der Waals surface area contributed by atoms with Gasteiger partial charge in [0.15, 0.2) is 0 Å². The van der Waals surface area contributed by atoms with Gasteiger partial charge in [0.05, 0.1) is 6.10 Å². The Morgan fingerprint density at radius 1 is 1.69 bits per heavy atom. The topological polar surface area (TPSA) is 21.3 Å². The van der Waals surface area contributed by atoms with E-state index < -0.39 is 0 Å². The van der Waals surface area contributed by atoms with Gasteiger partial charge in [0.2, 0.25) is 0 Å². The maximum atomic E-state index is 5.66. The van der Waals surface area contributed by atoms with Gasteiger partial charge in [-0.05, 0) is 32.7 Å². The summed E-state index contributed by atoms with van der Waals surface area (Å²) in [5.41, 5.74) is 1.24. The normalized spacial score (nSPS) is 24.6. The third-order valence-corrected chi connectivity index (χ3v) is 2.45. The zero-order chi connectivity index (χ0) is 9.68. The molecule has 76 valence electrons. The molecule has 2 nitrogen and oxygen atoms in total. The van der Waals surface area contributed by atoms with Crippen molar-refractivity contribution in [2.75, 3.05) is 13.2 Å². The van der Waals surface area contributed by atoms with Crippen LogP contribution in [0.3, 0.4) is 0 Å². The summed E-state index contributed by atoms with van der Waals surface area (Å²) >= 11 is 0. The molecule has 0 bridgehead atoms. The smallest absolute Gasteiger partial charge is 0.0732 e. The van der Waals surface area contributed by atoms with Crippen LogP contribution in [0.25, 0.3) is 0 Å². The van der Waals surface area contributed by atoms with Crippen LogP contribution in [0.2, 0.25) is 0 Å². The van der Waals surface area contributed by atoms with Gasteiger partial charge in [0.25, 0.3) is 0 Å². The third kappa shape index (κ3) is 3.49. The number of nitrogens with one attached hydrogen (secondary N) is 1. The van der Waals surface area contributed by atoms with Crippen molar-refractivity contribution in [3.63, 3.8) is 0 Å². The van der Waals surface area contributed by atoms with E-state index in [9.17, 15) is 0 Å². The number of rotatable bonds is 5. The molecule has 1 N–H and O–H groups in total. The molecule has 1 rings (SSSR count). The molecule has 1 aliphatic heterocycles. The van der Waals surface area contributed by atoms with Gasteiger partial charge in [-0.1, -0.05) is 12.5 Å². The Morgan fingerprint density at radius 3 is 2.92 bits per heavy atom. The van der Waals surface area contributed by atoms with E-state index in [0.29, 0.717) is 12.1 Å². The molecule has 2 unspecified atom stereocenters. The second-order valence-electron chi connectivity index (χ2n) is 3.88. The average molecular weight is 183 g/mol. The molecule has 0 saturated carbocycles. The molecule has 2 atom stereocenters. The van der Waals surface area contributed by atoms with Crippen LogP contribution in [0.4, 0.5) is 0 Å². The van der Waals surface area contributed by atoms with Crippen LogP contribution in [0.1, 0.15) is 33.1 Å². The highest BCUT2D eigenvalue weighted by atomic mass is 16.5. The first-order valence-corrected chi connectivity index (χ1v) is 5.23. The van der Waals surface area contributed by atoms with Crippen molar-refractivity contribution in [3.05, 3.63) is 12.2 Å². The standard InChI is InChI=1S/C11H21NO/c1-4-12-10(8-9(2)3)11-6-5-7-13-11/h10-12H,2,4-8H2,1,3H3. The summed E-state index contributed by atoms with van der Waals surface area (Å²) in [5, 5.41) is 3.47. The van der Waals surface area contributed by atoms with Gasteiger partial charge in [-0.15, -0.1) is 6.58 Å². The van der Waals surface area contributed by atoms with Gasteiger partial charge in [-0.25, -0.2) is 0 Å². The zero-order valence-corrected chi connectivity index (χ0v) is 8.81. The molecule has 1 fully saturated rings. The monoisotopic (exact) mass is 183 g/mol. The molecule has 1 heterocycles. The summed E-state index contributed by atoms with van der Waals surface area (Å²) in [6.07, 6.45) is 3.86. The first kappa shape index (κ1) is 10.7. The highest BCUT2D eigenvalue weighted by molar-refractivity contribution is 4.96. The van der Waals surface area contributed by atoms with Gasteiger partial charge in [-0.2, -0.15) is 0 Å². The molecule has 0 aromatic carbocycles. The van der Waals surface area contributed by atoms with Crippen LogP contribution < -0.4 is 5.32 Å². The molecule has 1 aliphatic rings. The highest BCUT2D eigenvalue weighted by Gasteiger charge is 2.24. The summed E-state index contributed by atoms with van der Waals surface area (Å²) in [6.45, 7) is 10.1. The van der Waals surface area contributed by atoms with E-state index in [1.165, 1.54) is 18.4 Å². The van der Waals surface area contributed by atoms with E-state index in [0.717, 1.165) is 19.6 Å². The Morgan fingerprint density at radius 2 is 2.46 bits per heavy atom. The number of hydrogen-bond acceptors (Lipinski definition) is 2. The summed E-state index contributed by atoms with van der Waals surface area (Å²) < 4.78 is 5.66. The summed E-state index contributed by atoms with van der Waals surface area (Å²) in [6, 6.07) is 0.477. The van der Waals surface area contributed by atoms with Gasteiger partial charge in [-0.3, -0.25) is 0 Å². The highest BCUT2D eigenvalue weighted by Crippen LogP contribution is 2.19. The molecular weight excluding hydrogens is 162 g/mol. The van der Waals surface area contributed by atoms with Crippen LogP contribution in [0, 0.1) is 0 Å². The lowest BCUT2D eigenvalue weighted by atomic mass is 10.0. The van der Waals surface area contributed by atoms with E-state index in [4.69, 9.17) is 4.74 Å². The van der Waals surface area contributed by atoms with E-state index >= 15 is 0 Å². The molecule has 0 aliphatic carbocycles. The summed E-state index contributed by atoms with van der Waals surface area (Å²) in [5.74, 6) is 0. The van der Waals surface area contributed by atoms with Crippen molar-refractivity contribution in [1.29, 1.82) is 0 Å². The van der Waals surface area contributed by atoms with Crippen molar-refractivity contribution in [2.45, 2.75) is 45.3 Å². The molecule has 0 aromatic heterocycles. The number of hydrogen-bond donors (Lipinski definition) is 1. The van der Waals surface area contributed by atoms with Crippen LogP contribution in [0.15, 0.2) is 12.2 Å². The fourth-order valence-electron chi connectivity index (χ4n) is 1.89.